The molecule has 0 aromatic heterocycles. The first-order chi connectivity index (χ1) is 21.5. The number of allylic oxidation sites excluding steroid dienone is 8. The molecule has 0 aromatic rings. The predicted octanol–water partition coefficient (Wildman–Crippen LogP) is 8.22. The highest BCUT2D eigenvalue weighted by atomic mass is 31.2. The lowest BCUT2D eigenvalue weighted by Gasteiger charge is -2.18. The number of ether oxygens (including phenoxy) is 2. The van der Waals surface area contributed by atoms with Crippen LogP contribution in [-0.2, 0) is 28.2 Å². The minimum atomic E-state index is -4.77. The topological polar surface area (TPSA) is 140 Å². The molecule has 0 aliphatic carbocycles. The van der Waals surface area contributed by atoms with Gasteiger partial charge in [0.05, 0.1) is 12.7 Å². The highest BCUT2D eigenvalue weighted by Crippen LogP contribution is 2.35. The Labute approximate surface area is 271 Å². The summed E-state index contributed by atoms with van der Waals surface area (Å²) >= 11 is 0. The Morgan fingerprint density at radius 2 is 1.38 bits per heavy atom. The van der Waals surface area contributed by atoms with Crippen molar-refractivity contribution in [2.75, 3.05) is 13.2 Å². The van der Waals surface area contributed by atoms with E-state index < -0.39 is 38.6 Å². The molecule has 45 heavy (non-hydrogen) atoms. The van der Waals surface area contributed by atoms with Gasteiger partial charge < -0.3 is 24.4 Å². The van der Waals surface area contributed by atoms with Crippen molar-refractivity contribution in [2.45, 2.75) is 129 Å². The van der Waals surface area contributed by atoms with E-state index in [1.54, 1.807) is 6.08 Å². The Morgan fingerprint density at radius 1 is 0.756 bits per heavy atom. The van der Waals surface area contributed by atoms with Gasteiger partial charge in [-0.25, -0.2) is 4.57 Å². The van der Waals surface area contributed by atoms with Gasteiger partial charge in [-0.05, 0) is 50.9 Å². The van der Waals surface area contributed by atoms with Gasteiger partial charge in [-0.2, -0.15) is 0 Å². The van der Waals surface area contributed by atoms with Gasteiger partial charge in [0.15, 0.2) is 6.10 Å². The van der Waals surface area contributed by atoms with E-state index in [4.69, 9.17) is 19.3 Å². The number of unbranched alkanes of at least 4 members (excludes halogenated alkanes) is 6. The lowest BCUT2D eigenvalue weighted by molar-refractivity contribution is -0.161. The zero-order chi connectivity index (χ0) is 33.6. The zero-order valence-corrected chi connectivity index (χ0v) is 28.7. The van der Waals surface area contributed by atoms with Crippen LogP contribution in [-0.4, -0.2) is 52.3 Å². The van der Waals surface area contributed by atoms with Crippen molar-refractivity contribution in [1.29, 1.82) is 0 Å². The minimum absolute atomic E-state index is 0.113. The molecule has 0 radical (unpaired) electrons. The van der Waals surface area contributed by atoms with Gasteiger partial charge in [0, 0.05) is 12.8 Å². The summed E-state index contributed by atoms with van der Waals surface area (Å²) in [6, 6.07) is 0. The van der Waals surface area contributed by atoms with Crippen LogP contribution in [0.3, 0.4) is 0 Å². The van der Waals surface area contributed by atoms with Crippen molar-refractivity contribution < 1.29 is 43.0 Å². The summed E-state index contributed by atoms with van der Waals surface area (Å²) in [5.41, 5.74) is 0. The number of esters is 2. The van der Waals surface area contributed by atoms with Gasteiger partial charge in [-0.3, -0.25) is 14.1 Å². The highest BCUT2D eigenvalue weighted by molar-refractivity contribution is 7.46. The number of phosphoric ester groups is 1. The molecule has 0 aromatic carbocycles. The van der Waals surface area contributed by atoms with Crippen LogP contribution in [0.2, 0.25) is 0 Å². The molecule has 10 heteroatoms. The molecule has 3 N–H and O–H groups in total. The zero-order valence-electron chi connectivity index (χ0n) is 27.8. The third-order valence-corrected chi connectivity index (χ3v) is 7.04. The largest absolute Gasteiger partial charge is 0.469 e. The molecule has 0 rings (SSSR count). The van der Waals surface area contributed by atoms with E-state index in [1.807, 2.05) is 49.5 Å². The molecule has 0 bridgehead atoms. The molecule has 2 atom stereocenters. The fourth-order valence-electron chi connectivity index (χ4n) is 4.08. The van der Waals surface area contributed by atoms with E-state index in [1.165, 1.54) is 19.3 Å². The number of carbonyl (C=O) groups excluding carboxylic acids is 2. The summed E-state index contributed by atoms with van der Waals surface area (Å²) in [6.45, 7) is 5.58. The predicted molar refractivity (Wildman–Crippen MR) is 180 cm³/mol. The number of hydrogen-bond donors (Lipinski definition) is 3. The van der Waals surface area contributed by atoms with E-state index >= 15 is 0 Å². The molecular weight excluding hydrogens is 595 g/mol. The first-order valence-corrected chi connectivity index (χ1v) is 18.1. The van der Waals surface area contributed by atoms with Gasteiger partial charge >= 0.3 is 19.8 Å². The summed E-state index contributed by atoms with van der Waals surface area (Å²) in [6.07, 6.45) is 30.4. The average molecular weight is 655 g/mol. The fourth-order valence-corrected chi connectivity index (χ4v) is 4.44. The van der Waals surface area contributed by atoms with Crippen molar-refractivity contribution in [3.63, 3.8) is 0 Å². The van der Waals surface area contributed by atoms with Crippen LogP contribution in [0, 0.1) is 5.92 Å². The quantitative estimate of drug-likeness (QED) is 0.0250. The van der Waals surface area contributed by atoms with Crippen molar-refractivity contribution in [2.24, 2.45) is 5.92 Å². The van der Waals surface area contributed by atoms with Crippen LogP contribution in [0.5, 0.6) is 0 Å². The molecule has 0 heterocycles. The van der Waals surface area contributed by atoms with Crippen LogP contribution >= 0.6 is 7.82 Å². The molecule has 0 fully saturated rings. The smallest absolute Gasteiger partial charge is 0.462 e. The maximum Gasteiger partial charge on any atom is 0.469 e. The SMILES string of the molecule is CC/C=C\C(O)C/C=C/C=C\C/C=C\C/C=C\CCCC(=O)O[C@H](COC(=O)CCCCCCCCC(C)C)COP(=O)(O)O. The van der Waals surface area contributed by atoms with Gasteiger partial charge in [0.2, 0.25) is 0 Å². The molecule has 0 aliphatic rings. The summed E-state index contributed by atoms with van der Waals surface area (Å²) in [5.74, 6) is -0.265. The maximum atomic E-state index is 12.3. The van der Waals surface area contributed by atoms with Crippen LogP contribution in [0.15, 0.2) is 60.8 Å². The second-order valence-electron chi connectivity index (χ2n) is 11.4. The van der Waals surface area contributed by atoms with E-state index in [-0.39, 0.29) is 19.4 Å². The van der Waals surface area contributed by atoms with Gasteiger partial charge in [0.25, 0.3) is 0 Å². The van der Waals surface area contributed by atoms with Crippen LogP contribution in [0.1, 0.15) is 117 Å². The number of aliphatic hydroxyl groups is 1. The standard InChI is InChI=1S/C35H59O9P/c1-4-5-25-32(36)26-21-17-12-10-8-6-7-9-11-13-19-23-28-35(38)44-33(30-43-45(39,40)41)29-42-34(37)27-22-18-15-14-16-20-24-31(2)3/h5-7,10-13,17,21,25,31-33,36H,4,8-9,14-16,18-20,22-24,26-30H2,1-3H3,(H2,39,40,41)/b7-6-,12-10-,13-11-,21-17+,25-5-/t32?,33-/m1/s1. The fraction of sp³-hybridized carbons (Fsp3) is 0.657. The first kappa shape index (κ1) is 42.7. The van der Waals surface area contributed by atoms with Crippen molar-refractivity contribution in [3.05, 3.63) is 60.8 Å². The van der Waals surface area contributed by atoms with E-state index in [0.29, 0.717) is 25.7 Å². The second-order valence-corrected chi connectivity index (χ2v) is 12.7. The Bertz CT molecular complexity index is 947. The van der Waals surface area contributed by atoms with E-state index in [9.17, 15) is 19.3 Å². The van der Waals surface area contributed by atoms with Gasteiger partial charge in [-0.1, -0.05) is 120 Å². The Balaban J connectivity index is 4.20. The molecule has 0 spiro atoms. The van der Waals surface area contributed by atoms with Gasteiger partial charge in [0.1, 0.15) is 6.61 Å². The second kappa shape index (κ2) is 29.1. The van der Waals surface area contributed by atoms with Crippen LogP contribution in [0.25, 0.3) is 0 Å². The normalized spacial score (nSPS) is 14.1. The average Bonchev–Trinajstić information content (AvgIpc) is 2.98. The Kier molecular flexibility index (Phi) is 27.7. The van der Waals surface area contributed by atoms with Crippen molar-refractivity contribution >= 4 is 19.8 Å². The first-order valence-electron chi connectivity index (χ1n) is 16.5. The summed E-state index contributed by atoms with van der Waals surface area (Å²) < 4.78 is 26.1. The third-order valence-electron chi connectivity index (χ3n) is 6.55. The lowest BCUT2D eigenvalue weighted by Crippen LogP contribution is -2.29. The van der Waals surface area contributed by atoms with E-state index in [2.05, 4.69) is 30.5 Å². The molecule has 0 saturated carbocycles. The molecule has 0 amide bonds. The molecular formula is C35H59O9P. The molecule has 9 nitrogen and oxygen atoms in total. The lowest BCUT2D eigenvalue weighted by atomic mass is 10.0. The number of aliphatic hydroxyl groups excluding tert-OH is 1. The highest BCUT2D eigenvalue weighted by Gasteiger charge is 2.22. The molecule has 258 valence electrons. The maximum absolute atomic E-state index is 12.3. The molecule has 0 aliphatic heterocycles. The minimum Gasteiger partial charge on any atom is -0.462 e. The number of carbonyl (C=O) groups is 2. The summed E-state index contributed by atoms with van der Waals surface area (Å²) in [7, 11) is -4.77. The monoisotopic (exact) mass is 654 g/mol. The number of hydrogen-bond acceptors (Lipinski definition) is 7. The summed E-state index contributed by atoms with van der Waals surface area (Å²) in [4.78, 5) is 42.4. The van der Waals surface area contributed by atoms with E-state index in [0.717, 1.165) is 44.4 Å². The third kappa shape index (κ3) is 32.9. The molecule has 1 unspecified atom stereocenters. The Hall–Kier alpha value is -2.29. The Morgan fingerprint density at radius 3 is 2.07 bits per heavy atom. The number of rotatable bonds is 28. The number of phosphoric acid groups is 1. The van der Waals surface area contributed by atoms with Crippen molar-refractivity contribution in [3.8, 4) is 0 Å². The van der Waals surface area contributed by atoms with Crippen LogP contribution < -0.4 is 0 Å². The van der Waals surface area contributed by atoms with Crippen molar-refractivity contribution in [1.82, 2.24) is 0 Å². The molecule has 0 saturated heterocycles. The van der Waals surface area contributed by atoms with Gasteiger partial charge in [-0.15, -0.1) is 0 Å². The summed E-state index contributed by atoms with van der Waals surface area (Å²) in [5, 5.41) is 9.71. The van der Waals surface area contributed by atoms with Crippen LogP contribution in [0.4, 0.5) is 0 Å².